The molecule has 0 aliphatic carbocycles. The van der Waals surface area contributed by atoms with Crippen molar-refractivity contribution in [1.82, 2.24) is 9.88 Å². The number of fused-ring (bicyclic) bond motifs is 2. The smallest absolute Gasteiger partial charge is 0.261 e. The quantitative estimate of drug-likeness (QED) is 0.613. The maximum absolute atomic E-state index is 12.8. The fourth-order valence-corrected chi connectivity index (χ4v) is 3.19. The molecule has 1 heterocycles. The van der Waals surface area contributed by atoms with Crippen LogP contribution in [0, 0.1) is 0 Å². The fraction of sp³-hybridized carbons (Fsp3) is 0.0909. The molecular weight excluding hydrogens is 324 g/mol. The Labute approximate surface area is 150 Å². The summed E-state index contributed by atoms with van der Waals surface area (Å²) in [7, 11) is 1.71. The Morgan fingerprint density at radius 3 is 2.38 bits per heavy atom. The number of nitrogens with one attached hydrogen (secondary N) is 1. The predicted octanol–water partition coefficient (Wildman–Crippen LogP) is 3.95. The molecule has 3 aromatic carbocycles. The number of benzene rings is 3. The summed E-state index contributed by atoms with van der Waals surface area (Å²) in [6.07, 6.45) is 0. The van der Waals surface area contributed by atoms with Crippen molar-refractivity contribution >= 4 is 27.6 Å². The summed E-state index contributed by atoms with van der Waals surface area (Å²) < 4.78 is 0. The van der Waals surface area contributed by atoms with Gasteiger partial charge >= 0.3 is 0 Å². The molecule has 1 aromatic heterocycles. The van der Waals surface area contributed by atoms with Gasteiger partial charge in [0.2, 0.25) is 0 Å². The third-order valence-corrected chi connectivity index (χ3v) is 4.56. The molecule has 4 heteroatoms. The standard InChI is InChI=1S/C22H18N2O2/c1-24(14-15-10-11-16-6-2-3-7-17(16)12-15)22(26)19-13-18-8-4-5-9-20(18)23-21(19)25/h2-13H,14H2,1H3,(H,23,25). The molecule has 4 nitrogen and oxygen atoms in total. The van der Waals surface area contributed by atoms with E-state index in [1.807, 2.05) is 48.5 Å². The van der Waals surface area contributed by atoms with Crippen LogP contribution < -0.4 is 5.56 Å². The molecule has 128 valence electrons. The summed E-state index contributed by atoms with van der Waals surface area (Å²) in [5, 5.41) is 3.14. The lowest BCUT2D eigenvalue weighted by Gasteiger charge is -2.17. The Kier molecular flexibility index (Phi) is 4.01. The van der Waals surface area contributed by atoms with Crippen molar-refractivity contribution in [3.05, 3.63) is 94.3 Å². The lowest BCUT2D eigenvalue weighted by Crippen LogP contribution is -2.31. The van der Waals surface area contributed by atoms with Gasteiger partial charge < -0.3 is 9.88 Å². The van der Waals surface area contributed by atoms with Crippen LogP contribution in [-0.2, 0) is 6.54 Å². The first-order valence-corrected chi connectivity index (χ1v) is 8.47. The second kappa shape index (κ2) is 6.48. The number of hydrogen-bond acceptors (Lipinski definition) is 2. The first-order valence-electron chi connectivity index (χ1n) is 8.47. The predicted molar refractivity (Wildman–Crippen MR) is 104 cm³/mol. The second-order valence-corrected chi connectivity index (χ2v) is 6.44. The second-order valence-electron chi connectivity index (χ2n) is 6.44. The molecular formula is C22H18N2O2. The van der Waals surface area contributed by atoms with Gasteiger partial charge in [-0.3, -0.25) is 9.59 Å². The van der Waals surface area contributed by atoms with Gasteiger partial charge in [-0.05, 0) is 39.9 Å². The van der Waals surface area contributed by atoms with Gasteiger partial charge in [-0.15, -0.1) is 0 Å². The molecule has 0 aliphatic rings. The Balaban J connectivity index is 1.63. The number of carbonyl (C=O) groups is 1. The van der Waals surface area contributed by atoms with E-state index in [-0.39, 0.29) is 17.0 Å². The third kappa shape index (κ3) is 2.97. The third-order valence-electron chi connectivity index (χ3n) is 4.56. The number of aromatic amines is 1. The van der Waals surface area contributed by atoms with E-state index in [0.29, 0.717) is 6.54 Å². The Morgan fingerprint density at radius 2 is 1.58 bits per heavy atom. The van der Waals surface area contributed by atoms with Crippen molar-refractivity contribution in [2.45, 2.75) is 6.54 Å². The highest BCUT2D eigenvalue weighted by Gasteiger charge is 2.16. The number of carbonyl (C=O) groups excluding carboxylic acids is 1. The van der Waals surface area contributed by atoms with Gasteiger partial charge in [-0.1, -0.05) is 54.6 Å². The number of para-hydroxylation sites is 1. The summed E-state index contributed by atoms with van der Waals surface area (Å²) in [5.41, 5.74) is 1.55. The van der Waals surface area contributed by atoms with Crippen LogP contribution in [-0.4, -0.2) is 22.8 Å². The van der Waals surface area contributed by atoms with Crippen LogP contribution in [0.5, 0.6) is 0 Å². The van der Waals surface area contributed by atoms with Gasteiger partial charge in [-0.25, -0.2) is 0 Å². The van der Waals surface area contributed by atoms with Crippen molar-refractivity contribution in [3.8, 4) is 0 Å². The topological polar surface area (TPSA) is 53.2 Å². The monoisotopic (exact) mass is 342 g/mol. The van der Waals surface area contributed by atoms with E-state index >= 15 is 0 Å². The Bertz CT molecular complexity index is 1180. The average molecular weight is 342 g/mol. The summed E-state index contributed by atoms with van der Waals surface area (Å²) >= 11 is 0. The summed E-state index contributed by atoms with van der Waals surface area (Å²) in [6, 6.07) is 23.3. The van der Waals surface area contributed by atoms with E-state index in [2.05, 4.69) is 23.2 Å². The number of nitrogens with zero attached hydrogens (tertiary/aromatic N) is 1. The van der Waals surface area contributed by atoms with Crippen molar-refractivity contribution in [3.63, 3.8) is 0 Å². The van der Waals surface area contributed by atoms with E-state index in [9.17, 15) is 9.59 Å². The van der Waals surface area contributed by atoms with Crippen LogP contribution in [0.15, 0.2) is 77.6 Å². The Hall–Kier alpha value is -3.40. The lowest BCUT2D eigenvalue weighted by atomic mass is 10.1. The molecule has 0 saturated carbocycles. The first kappa shape index (κ1) is 16.1. The van der Waals surface area contributed by atoms with Crippen molar-refractivity contribution in [2.24, 2.45) is 0 Å². The summed E-state index contributed by atoms with van der Waals surface area (Å²) in [4.78, 5) is 29.4. The highest BCUT2D eigenvalue weighted by molar-refractivity contribution is 5.97. The van der Waals surface area contributed by atoms with Crippen LogP contribution >= 0.6 is 0 Å². The number of hydrogen-bond donors (Lipinski definition) is 1. The highest BCUT2D eigenvalue weighted by atomic mass is 16.2. The van der Waals surface area contributed by atoms with E-state index in [1.54, 1.807) is 18.0 Å². The van der Waals surface area contributed by atoms with Gasteiger partial charge in [0, 0.05) is 19.1 Å². The SMILES string of the molecule is CN(Cc1ccc2ccccc2c1)C(=O)c1cc2ccccc2[nH]c1=O. The van der Waals surface area contributed by atoms with Gasteiger partial charge in [0.1, 0.15) is 5.56 Å². The van der Waals surface area contributed by atoms with E-state index in [1.165, 1.54) is 0 Å². The van der Waals surface area contributed by atoms with Crippen LogP contribution in [0.4, 0.5) is 0 Å². The van der Waals surface area contributed by atoms with Crippen molar-refractivity contribution < 1.29 is 4.79 Å². The molecule has 0 fully saturated rings. The Morgan fingerprint density at radius 1 is 0.885 bits per heavy atom. The van der Waals surface area contributed by atoms with Crippen LogP contribution in [0.2, 0.25) is 0 Å². The average Bonchev–Trinajstić information content (AvgIpc) is 2.66. The molecule has 1 amide bonds. The zero-order valence-corrected chi connectivity index (χ0v) is 14.4. The minimum Gasteiger partial charge on any atom is -0.337 e. The number of aromatic nitrogens is 1. The number of pyridine rings is 1. The maximum atomic E-state index is 12.8. The zero-order valence-electron chi connectivity index (χ0n) is 14.4. The van der Waals surface area contributed by atoms with Gasteiger partial charge in [0.25, 0.3) is 11.5 Å². The first-order chi connectivity index (χ1) is 12.6. The molecule has 0 spiro atoms. The van der Waals surface area contributed by atoms with Crippen LogP contribution in [0.3, 0.4) is 0 Å². The minimum absolute atomic E-state index is 0.159. The molecule has 4 rings (SSSR count). The van der Waals surface area contributed by atoms with Gasteiger partial charge in [-0.2, -0.15) is 0 Å². The minimum atomic E-state index is -0.362. The highest BCUT2D eigenvalue weighted by Crippen LogP contribution is 2.17. The van der Waals surface area contributed by atoms with Crippen LogP contribution in [0.1, 0.15) is 15.9 Å². The van der Waals surface area contributed by atoms with Crippen molar-refractivity contribution in [1.29, 1.82) is 0 Å². The van der Waals surface area contributed by atoms with E-state index < -0.39 is 0 Å². The molecule has 0 unspecified atom stereocenters. The molecule has 0 bridgehead atoms. The summed E-state index contributed by atoms with van der Waals surface area (Å²) in [5.74, 6) is -0.287. The number of amides is 1. The zero-order chi connectivity index (χ0) is 18.1. The fourth-order valence-electron chi connectivity index (χ4n) is 3.19. The largest absolute Gasteiger partial charge is 0.337 e. The molecule has 0 atom stereocenters. The molecule has 0 saturated heterocycles. The number of H-pyrrole nitrogens is 1. The molecule has 1 N–H and O–H groups in total. The molecule has 4 aromatic rings. The molecule has 0 aliphatic heterocycles. The number of rotatable bonds is 3. The van der Waals surface area contributed by atoms with Gasteiger partial charge in [0.05, 0.1) is 0 Å². The molecule has 0 radical (unpaired) electrons. The van der Waals surface area contributed by atoms with Crippen LogP contribution in [0.25, 0.3) is 21.7 Å². The molecule has 26 heavy (non-hydrogen) atoms. The van der Waals surface area contributed by atoms with E-state index in [4.69, 9.17) is 0 Å². The van der Waals surface area contributed by atoms with Crippen molar-refractivity contribution in [2.75, 3.05) is 7.05 Å². The maximum Gasteiger partial charge on any atom is 0.261 e. The van der Waals surface area contributed by atoms with Gasteiger partial charge in [0.15, 0.2) is 0 Å². The normalized spacial score (nSPS) is 11.0. The lowest BCUT2D eigenvalue weighted by molar-refractivity contribution is 0.0783. The van der Waals surface area contributed by atoms with E-state index in [0.717, 1.165) is 27.2 Å². The summed E-state index contributed by atoms with van der Waals surface area (Å²) in [6.45, 7) is 0.440.